The van der Waals surface area contributed by atoms with Crippen molar-refractivity contribution in [3.8, 4) is 0 Å². The van der Waals surface area contributed by atoms with Crippen LogP contribution in [0.5, 0.6) is 0 Å². The van der Waals surface area contributed by atoms with Crippen LogP contribution in [0, 0.1) is 6.92 Å². The molecular formula is C14H13Cl2NO2. The van der Waals surface area contributed by atoms with Crippen LogP contribution in [0.3, 0.4) is 0 Å². The molecule has 0 radical (unpaired) electrons. The first-order chi connectivity index (χ1) is 9.01. The van der Waals surface area contributed by atoms with Crippen LogP contribution in [0.15, 0.2) is 18.2 Å². The van der Waals surface area contributed by atoms with Crippen LogP contribution in [0.1, 0.15) is 17.7 Å². The number of aromatic nitrogens is 1. The molecule has 0 aliphatic carbocycles. The number of halogens is 2. The Hall–Kier alpha value is -1.32. The van der Waals surface area contributed by atoms with E-state index < -0.39 is 0 Å². The van der Waals surface area contributed by atoms with E-state index >= 15 is 0 Å². The molecule has 0 aliphatic rings. The lowest BCUT2D eigenvalue weighted by atomic mass is 10.0. The van der Waals surface area contributed by atoms with Gasteiger partial charge in [-0.3, -0.25) is 9.78 Å². The summed E-state index contributed by atoms with van der Waals surface area (Å²) in [4.78, 5) is 15.7. The highest BCUT2D eigenvalue weighted by Gasteiger charge is 2.10. The Labute approximate surface area is 121 Å². The summed E-state index contributed by atoms with van der Waals surface area (Å²) < 4.78 is 4.66. The summed E-state index contributed by atoms with van der Waals surface area (Å²) in [7, 11) is 1.38. The van der Waals surface area contributed by atoms with Crippen molar-refractivity contribution in [3.63, 3.8) is 0 Å². The third kappa shape index (κ3) is 3.17. The van der Waals surface area contributed by atoms with E-state index in [1.54, 1.807) is 6.07 Å². The van der Waals surface area contributed by atoms with Gasteiger partial charge in [-0.2, -0.15) is 0 Å². The van der Waals surface area contributed by atoms with Crippen molar-refractivity contribution in [1.82, 2.24) is 4.98 Å². The van der Waals surface area contributed by atoms with E-state index in [1.165, 1.54) is 7.11 Å². The molecule has 100 valence electrons. The highest BCUT2D eigenvalue weighted by atomic mass is 35.5. The van der Waals surface area contributed by atoms with Crippen LogP contribution in [0.25, 0.3) is 10.9 Å². The van der Waals surface area contributed by atoms with Gasteiger partial charge in [-0.15, -0.1) is 0 Å². The molecule has 0 bridgehead atoms. The molecule has 0 amide bonds. The number of fused-ring (bicyclic) bond motifs is 1. The number of benzene rings is 1. The zero-order valence-corrected chi connectivity index (χ0v) is 12.2. The molecule has 19 heavy (non-hydrogen) atoms. The highest BCUT2D eigenvalue weighted by Crippen LogP contribution is 2.29. The molecule has 1 aromatic heterocycles. The summed E-state index contributed by atoms with van der Waals surface area (Å²) in [5, 5.41) is 1.96. The van der Waals surface area contributed by atoms with Crippen LogP contribution < -0.4 is 0 Å². The number of aryl methyl sites for hydroxylation is 2. The maximum Gasteiger partial charge on any atom is 0.305 e. The van der Waals surface area contributed by atoms with Crippen LogP contribution in [-0.4, -0.2) is 18.1 Å². The minimum atomic E-state index is -0.240. The van der Waals surface area contributed by atoms with E-state index in [2.05, 4.69) is 9.72 Å². The Bertz CT molecular complexity index is 641. The van der Waals surface area contributed by atoms with Crippen LogP contribution in [0.2, 0.25) is 10.0 Å². The summed E-state index contributed by atoms with van der Waals surface area (Å²) in [6.45, 7) is 1.89. The molecule has 0 saturated carbocycles. The van der Waals surface area contributed by atoms with Gasteiger partial charge >= 0.3 is 5.97 Å². The molecule has 3 nitrogen and oxygen atoms in total. The maximum absolute atomic E-state index is 11.3. The normalized spacial score (nSPS) is 10.7. The average molecular weight is 298 g/mol. The largest absolute Gasteiger partial charge is 0.469 e. The first-order valence-corrected chi connectivity index (χ1v) is 6.59. The van der Waals surface area contributed by atoms with E-state index in [0.29, 0.717) is 28.4 Å². The van der Waals surface area contributed by atoms with Crippen molar-refractivity contribution in [2.75, 3.05) is 7.11 Å². The second kappa shape index (κ2) is 5.76. The molecule has 5 heteroatoms. The van der Waals surface area contributed by atoms with Gasteiger partial charge in [0, 0.05) is 22.5 Å². The van der Waals surface area contributed by atoms with E-state index in [0.717, 1.165) is 16.6 Å². The average Bonchev–Trinajstić information content (AvgIpc) is 2.36. The fraction of sp³-hybridized carbons (Fsp3) is 0.286. The third-order valence-electron chi connectivity index (χ3n) is 2.87. The number of carbonyl (C=O) groups is 1. The number of hydrogen-bond acceptors (Lipinski definition) is 3. The summed E-state index contributed by atoms with van der Waals surface area (Å²) >= 11 is 12.2. The number of esters is 1. The van der Waals surface area contributed by atoms with E-state index in [9.17, 15) is 4.79 Å². The SMILES string of the molecule is COC(=O)CCc1cc(C)nc2c(Cl)cc(Cl)cc12. The van der Waals surface area contributed by atoms with Gasteiger partial charge in [-0.05, 0) is 37.1 Å². The number of hydrogen-bond donors (Lipinski definition) is 0. The third-order valence-corrected chi connectivity index (χ3v) is 3.38. The molecule has 0 spiro atoms. The van der Waals surface area contributed by atoms with E-state index in [-0.39, 0.29) is 5.97 Å². The smallest absolute Gasteiger partial charge is 0.305 e. The van der Waals surface area contributed by atoms with Gasteiger partial charge in [0.15, 0.2) is 0 Å². The highest BCUT2D eigenvalue weighted by molar-refractivity contribution is 6.38. The minimum Gasteiger partial charge on any atom is -0.469 e. The molecule has 0 atom stereocenters. The molecule has 0 aliphatic heterocycles. The summed E-state index contributed by atoms with van der Waals surface area (Å²) in [6, 6.07) is 5.43. The van der Waals surface area contributed by atoms with Crippen molar-refractivity contribution in [2.45, 2.75) is 19.8 Å². The monoisotopic (exact) mass is 297 g/mol. The van der Waals surface area contributed by atoms with Gasteiger partial charge in [0.2, 0.25) is 0 Å². The van der Waals surface area contributed by atoms with Gasteiger partial charge in [0.25, 0.3) is 0 Å². The van der Waals surface area contributed by atoms with Crippen molar-refractivity contribution >= 4 is 40.1 Å². The molecule has 2 aromatic rings. The summed E-state index contributed by atoms with van der Waals surface area (Å²) in [5.41, 5.74) is 2.57. The minimum absolute atomic E-state index is 0.240. The summed E-state index contributed by atoms with van der Waals surface area (Å²) in [5.74, 6) is -0.240. The number of ether oxygens (including phenoxy) is 1. The fourth-order valence-corrected chi connectivity index (χ4v) is 2.54. The lowest BCUT2D eigenvalue weighted by Crippen LogP contribution is -2.03. The Morgan fingerprint density at radius 2 is 2.05 bits per heavy atom. The van der Waals surface area contributed by atoms with Crippen molar-refractivity contribution in [2.24, 2.45) is 0 Å². The molecule has 1 heterocycles. The van der Waals surface area contributed by atoms with E-state index in [4.69, 9.17) is 23.2 Å². The van der Waals surface area contributed by atoms with Crippen molar-refractivity contribution in [3.05, 3.63) is 39.5 Å². The van der Waals surface area contributed by atoms with Crippen molar-refractivity contribution in [1.29, 1.82) is 0 Å². The Balaban J connectivity index is 2.50. The van der Waals surface area contributed by atoms with Crippen LogP contribution >= 0.6 is 23.2 Å². The molecule has 2 rings (SSSR count). The predicted octanol–water partition coefficient (Wildman–Crippen LogP) is 3.96. The number of nitrogens with zero attached hydrogens (tertiary/aromatic N) is 1. The molecule has 0 N–H and O–H groups in total. The van der Waals surface area contributed by atoms with E-state index in [1.807, 2.05) is 19.1 Å². The first kappa shape index (κ1) is 14.1. The molecule has 0 fully saturated rings. The second-order valence-corrected chi connectivity index (χ2v) is 5.13. The topological polar surface area (TPSA) is 39.2 Å². The van der Waals surface area contributed by atoms with Crippen molar-refractivity contribution < 1.29 is 9.53 Å². The molecule has 0 unspecified atom stereocenters. The fourth-order valence-electron chi connectivity index (χ4n) is 2.01. The quantitative estimate of drug-likeness (QED) is 0.805. The lowest BCUT2D eigenvalue weighted by Gasteiger charge is -2.09. The molecule has 0 saturated heterocycles. The first-order valence-electron chi connectivity index (χ1n) is 5.83. The maximum atomic E-state index is 11.3. The van der Waals surface area contributed by atoms with Gasteiger partial charge in [0.1, 0.15) is 0 Å². The van der Waals surface area contributed by atoms with Gasteiger partial charge in [-0.1, -0.05) is 23.2 Å². The second-order valence-electron chi connectivity index (χ2n) is 4.28. The molecule has 1 aromatic carbocycles. The zero-order valence-electron chi connectivity index (χ0n) is 10.7. The zero-order chi connectivity index (χ0) is 14.0. The number of carbonyl (C=O) groups excluding carboxylic acids is 1. The van der Waals surface area contributed by atoms with Gasteiger partial charge < -0.3 is 4.74 Å². The number of rotatable bonds is 3. The van der Waals surface area contributed by atoms with Crippen LogP contribution in [0.4, 0.5) is 0 Å². The van der Waals surface area contributed by atoms with Gasteiger partial charge in [-0.25, -0.2) is 0 Å². The Morgan fingerprint density at radius 3 is 2.74 bits per heavy atom. The number of methoxy groups -OCH3 is 1. The Morgan fingerprint density at radius 1 is 1.32 bits per heavy atom. The predicted molar refractivity (Wildman–Crippen MR) is 76.8 cm³/mol. The molecular weight excluding hydrogens is 285 g/mol. The standard InChI is InChI=1S/C14H13Cl2NO2/c1-8-5-9(3-4-13(18)19-2)11-6-10(15)7-12(16)14(11)17-8/h5-7H,3-4H2,1-2H3. The lowest BCUT2D eigenvalue weighted by molar-refractivity contribution is -0.140. The van der Waals surface area contributed by atoms with Crippen LogP contribution in [-0.2, 0) is 16.0 Å². The number of pyridine rings is 1. The Kier molecular flexibility index (Phi) is 4.27. The van der Waals surface area contributed by atoms with Gasteiger partial charge in [0.05, 0.1) is 17.6 Å². The summed E-state index contributed by atoms with van der Waals surface area (Å²) in [6.07, 6.45) is 0.891.